The highest BCUT2D eigenvalue weighted by Gasteiger charge is 2.40. The maximum atomic E-state index is 12.8. The smallest absolute Gasteiger partial charge is 0.262 e. The average Bonchev–Trinajstić information content (AvgIpc) is 3.10. The molecule has 4 aromatic carbocycles. The lowest BCUT2D eigenvalue weighted by Gasteiger charge is -2.21. The molecule has 0 saturated carbocycles. The Morgan fingerprint density at radius 2 is 1.39 bits per heavy atom. The summed E-state index contributed by atoms with van der Waals surface area (Å²) in [7, 11) is 0. The van der Waals surface area contributed by atoms with Gasteiger partial charge in [-0.25, -0.2) is 0 Å². The standard InChI is InChI=1S/C27H20N2O4/c1-17(29-26(31)22-10-4-5-11-23(22)27(29)32)25(30)28-19-13-15-20(16-14-19)33-24-12-6-8-18-7-2-3-9-21(18)24/h2-17H,1H3,(H,28,30)/t17-/m1/s1. The second-order valence-corrected chi connectivity index (χ2v) is 7.79. The number of anilines is 1. The fraction of sp³-hybridized carbons (Fsp3) is 0.0741. The van der Waals surface area contributed by atoms with Crippen LogP contribution in [0.2, 0.25) is 0 Å². The van der Waals surface area contributed by atoms with Crippen LogP contribution in [0.15, 0.2) is 91.0 Å². The molecule has 162 valence electrons. The lowest BCUT2D eigenvalue weighted by atomic mass is 10.1. The van der Waals surface area contributed by atoms with Crippen LogP contribution in [-0.2, 0) is 4.79 Å². The Hall–Kier alpha value is -4.45. The van der Waals surface area contributed by atoms with Gasteiger partial charge < -0.3 is 10.1 Å². The molecule has 0 unspecified atom stereocenters. The molecule has 5 rings (SSSR count). The van der Waals surface area contributed by atoms with Crippen LogP contribution in [0, 0.1) is 0 Å². The zero-order valence-electron chi connectivity index (χ0n) is 17.8. The Morgan fingerprint density at radius 1 is 0.788 bits per heavy atom. The zero-order valence-corrected chi connectivity index (χ0v) is 17.8. The Kier molecular flexibility index (Phi) is 5.11. The van der Waals surface area contributed by atoms with E-state index in [1.807, 2.05) is 42.5 Å². The van der Waals surface area contributed by atoms with E-state index >= 15 is 0 Å². The maximum absolute atomic E-state index is 12.8. The number of hydrogen-bond acceptors (Lipinski definition) is 4. The molecule has 1 aliphatic heterocycles. The van der Waals surface area contributed by atoms with Crippen molar-refractivity contribution >= 4 is 34.2 Å². The molecule has 6 heteroatoms. The van der Waals surface area contributed by atoms with E-state index in [0.29, 0.717) is 22.6 Å². The number of carbonyl (C=O) groups excluding carboxylic acids is 3. The van der Waals surface area contributed by atoms with Gasteiger partial charge in [0.05, 0.1) is 11.1 Å². The molecule has 0 aliphatic carbocycles. The van der Waals surface area contributed by atoms with Crippen molar-refractivity contribution in [3.8, 4) is 11.5 Å². The third-order valence-corrected chi connectivity index (χ3v) is 5.69. The Labute approximate surface area is 190 Å². The van der Waals surface area contributed by atoms with E-state index in [1.54, 1.807) is 48.5 Å². The minimum absolute atomic E-state index is 0.317. The van der Waals surface area contributed by atoms with Crippen LogP contribution in [-0.4, -0.2) is 28.7 Å². The molecule has 33 heavy (non-hydrogen) atoms. The number of carbonyl (C=O) groups is 3. The molecule has 6 nitrogen and oxygen atoms in total. The van der Waals surface area contributed by atoms with Crippen LogP contribution in [0.25, 0.3) is 10.8 Å². The first kappa shape index (κ1) is 20.5. The highest BCUT2D eigenvalue weighted by atomic mass is 16.5. The lowest BCUT2D eigenvalue weighted by Crippen LogP contribution is -2.45. The molecule has 1 atom stereocenters. The fourth-order valence-corrected chi connectivity index (χ4v) is 3.94. The fourth-order valence-electron chi connectivity index (χ4n) is 3.94. The Balaban J connectivity index is 1.28. The summed E-state index contributed by atoms with van der Waals surface area (Å²) in [6, 6.07) is 26.4. The van der Waals surface area contributed by atoms with Gasteiger partial charge in [-0.3, -0.25) is 19.3 Å². The van der Waals surface area contributed by atoms with Gasteiger partial charge in [0, 0.05) is 11.1 Å². The summed E-state index contributed by atoms with van der Waals surface area (Å²) in [5.74, 6) is -0.0109. The lowest BCUT2D eigenvalue weighted by molar-refractivity contribution is -0.119. The molecule has 1 N–H and O–H groups in total. The summed E-state index contributed by atoms with van der Waals surface area (Å²) in [6.07, 6.45) is 0. The first-order valence-corrected chi connectivity index (χ1v) is 10.6. The molecule has 0 bridgehead atoms. The van der Waals surface area contributed by atoms with Gasteiger partial charge in [0.15, 0.2) is 0 Å². The van der Waals surface area contributed by atoms with Crippen molar-refractivity contribution in [2.45, 2.75) is 13.0 Å². The van der Waals surface area contributed by atoms with E-state index < -0.39 is 23.8 Å². The third kappa shape index (κ3) is 3.72. The van der Waals surface area contributed by atoms with Gasteiger partial charge in [0.2, 0.25) is 5.91 Å². The van der Waals surface area contributed by atoms with Gasteiger partial charge in [-0.2, -0.15) is 0 Å². The summed E-state index contributed by atoms with van der Waals surface area (Å²) in [6.45, 7) is 1.54. The minimum Gasteiger partial charge on any atom is -0.457 e. The number of ether oxygens (including phenoxy) is 1. The van der Waals surface area contributed by atoms with Crippen molar-refractivity contribution in [1.29, 1.82) is 0 Å². The quantitative estimate of drug-likeness (QED) is 0.433. The molecule has 0 fully saturated rings. The van der Waals surface area contributed by atoms with E-state index in [2.05, 4.69) is 5.32 Å². The van der Waals surface area contributed by atoms with Crippen LogP contribution in [0.4, 0.5) is 5.69 Å². The third-order valence-electron chi connectivity index (χ3n) is 5.69. The van der Waals surface area contributed by atoms with Gasteiger partial charge in [0.25, 0.3) is 11.8 Å². The van der Waals surface area contributed by atoms with Crippen molar-refractivity contribution in [2.24, 2.45) is 0 Å². The largest absolute Gasteiger partial charge is 0.457 e. The number of fused-ring (bicyclic) bond motifs is 2. The Bertz CT molecular complexity index is 1350. The first-order chi connectivity index (χ1) is 16.0. The van der Waals surface area contributed by atoms with E-state index in [0.717, 1.165) is 21.4 Å². The van der Waals surface area contributed by atoms with E-state index in [-0.39, 0.29) is 0 Å². The molecular formula is C27H20N2O4. The molecule has 1 heterocycles. The summed E-state index contributed by atoms with van der Waals surface area (Å²) in [4.78, 5) is 39.0. The normalized spacial score (nSPS) is 13.7. The predicted octanol–water partition coefficient (Wildman–Crippen LogP) is 5.26. The highest BCUT2D eigenvalue weighted by molar-refractivity contribution is 6.23. The van der Waals surface area contributed by atoms with Crippen molar-refractivity contribution in [2.75, 3.05) is 5.32 Å². The van der Waals surface area contributed by atoms with Crippen LogP contribution in [0.5, 0.6) is 11.5 Å². The van der Waals surface area contributed by atoms with E-state index in [9.17, 15) is 14.4 Å². The molecule has 0 spiro atoms. The predicted molar refractivity (Wildman–Crippen MR) is 125 cm³/mol. The minimum atomic E-state index is -0.955. The monoisotopic (exact) mass is 436 g/mol. The van der Waals surface area contributed by atoms with Crippen molar-refractivity contribution in [1.82, 2.24) is 4.90 Å². The molecular weight excluding hydrogens is 416 g/mol. The molecule has 0 aromatic heterocycles. The van der Waals surface area contributed by atoms with Crippen LogP contribution in [0.3, 0.4) is 0 Å². The van der Waals surface area contributed by atoms with Gasteiger partial charge in [-0.1, -0.05) is 48.5 Å². The zero-order chi connectivity index (χ0) is 22.9. The van der Waals surface area contributed by atoms with Gasteiger partial charge in [-0.05, 0) is 54.8 Å². The van der Waals surface area contributed by atoms with E-state index in [4.69, 9.17) is 4.74 Å². The summed E-state index contributed by atoms with van der Waals surface area (Å²) in [5.41, 5.74) is 1.17. The van der Waals surface area contributed by atoms with Crippen molar-refractivity contribution in [3.63, 3.8) is 0 Å². The summed E-state index contributed by atoms with van der Waals surface area (Å²) < 4.78 is 6.03. The molecule has 0 radical (unpaired) electrons. The topological polar surface area (TPSA) is 75.7 Å². The molecule has 1 aliphatic rings. The molecule has 3 amide bonds. The SMILES string of the molecule is C[C@H](C(=O)Nc1ccc(Oc2cccc3ccccc23)cc1)N1C(=O)c2ccccc2C1=O. The van der Waals surface area contributed by atoms with Gasteiger partial charge in [-0.15, -0.1) is 0 Å². The second kappa shape index (κ2) is 8.24. The average molecular weight is 436 g/mol. The summed E-state index contributed by atoms with van der Waals surface area (Å²) >= 11 is 0. The number of nitrogens with one attached hydrogen (secondary N) is 1. The number of rotatable bonds is 5. The van der Waals surface area contributed by atoms with Crippen LogP contribution >= 0.6 is 0 Å². The highest BCUT2D eigenvalue weighted by Crippen LogP contribution is 2.30. The van der Waals surface area contributed by atoms with Crippen LogP contribution < -0.4 is 10.1 Å². The van der Waals surface area contributed by atoms with Crippen molar-refractivity contribution in [3.05, 3.63) is 102 Å². The van der Waals surface area contributed by atoms with E-state index in [1.165, 1.54) is 6.92 Å². The molecule has 0 saturated heterocycles. The van der Waals surface area contributed by atoms with Crippen molar-refractivity contribution < 1.29 is 19.1 Å². The number of benzene rings is 4. The number of nitrogens with zero attached hydrogens (tertiary/aromatic N) is 1. The first-order valence-electron chi connectivity index (χ1n) is 10.6. The van der Waals surface area contributed by atoms with Gasteiger partial charge in [0.1, 0.15) is 17.5 Å². The summed E-state index contributed by atoms with van der Waals surface area (Å²) in [5, 5.41) is 4.86. The number of hydrogen-bond donors (Lipinski definition) is 1. The Morgan fingerprint density at radius 3 is 2.09 bits per heavy atom. The second-order valence-electron chi connectivity index (χ2n) is 7.79. The van der Waals surface area contributed by atoms with Gasteiger partial charge >= 0.3 is 0 Å². The molecule has 4 aromatic rings. The number of imide groups is 1. The maximum Gasteiger partial charge on any atom is 0.262 e. The van der Waals surface area contributed by atoms with Crippen LogP contribution in [0.1, 0.15) is 27.6 Å². The number of amides is 3.